The van der Waals surface area contributed by atoms with E-state index < -0.39 is 5.79 Å². The maximum Gasteiger partial charge on any atom is 0.305 e. The van der Waals surface area contributed by atoms with Crippen LogP contribution < -0.4 is 0 Å². The number of H-pyrrole nitrogens is 1. The predicted octanol–water partition coefficient (Wildman–Crippen LogP) is 4.56. The third kappa shape index (κ3) is 2.39. The molecule has 3 rings (SSSR count). The Balaban J connectivity index is 2.27. The van der Waals surface area contributed by atoms with Gasteiger partial charge < -0.3 is 14.5 Å². The molecule has 1 aromatic carbocycles. The van der Waals surface area contributed by atoms with Gasteiger partial charge in [0.15, 0.2) is 0 Å². The first-order valence-corrected chi connectivity index (χ1v) is 8.06. The van der Waals surface area contributed by atoms with Crippen molar-refractivity contribution in [2.75, 3.05) is 6.61 Å². The smallest absolute Gasteiger partial charge is 0.305 e. The number of carbonyl (C=O) groups is 1. The second-order valence-corrected chi connectivity index (χ2v) is 6.27. The molecule has 0 amide bonds. The van der Waals surface area contributed by atoms with Crippen molar-refractivity contribution >= 4 is 40.1 Å². The van der Waals surface area contributed by atoms with Gasteiger partial charge in [0.2, 0.25) is 0 Å². The fraction of sp³-hybridized carbons (Fsp3) is 0.438. The van der Waals surface area contributed by atoms with Gasteiger partial charge in [-0.1, -0.05) is 30.1 Å². The molecule has 2 heterocycles. The normalized spacial score (nSPS) is 20.9. The summed E-state index contributed by atoms with van der Waals surface area (Å²) in [5.41, 5.74) is 2.53. The Morgan fingerprint density at radius 1 is 1.41 bits per heavy atom. The Kier molecular flexibility index (Phi) is 4.10. The Hall–Kier alpha value is -1.23. The molecule has 1 N–H and O–H groups in total. The summed E-state index contributed by atoms with van der Waals surface area (Å²) in [4.78, 5) is 14.9. The molecule has 1 unspecified atom stereocenters. The lowest BCUT2D eigenvalue weighted by Crippen LogP contribution is -2.39. The minimum absolute atomic E-state index is 0.378. The van der Waals surface area contributed by atoms with Crippen LogP contribution in [0, 0.1) is 0 Å². The summed E-state index contributed by atoms with van der Waals surface area (Å²) in [6.45, 7) is 3.87. The highest BCUT2D eigenvalue weighted by Crippen LogP contribution is 2.44. The Morgan fingerprint density at radius 3 is 2.82 bits per heavy atom. The molecule has 118 valence electrons. The van der Waals surface area contributed by atoms with Crippen molar-refractivity contribution in [1.29, 1.82) is 0 Å². The largest absolute Gasteiger partial charge is 0.427 e. The van der Waals surface area contributed by atoms with Crippen molar-refractivity contribution in [3.63, 3.8) is 0 Å². The SMILES string of the molecule is CCCC1(OC(C)=O)OCCc2c1[nH]c1c(Cl)ccc(Cl)c21. The van der Waals surface area contributed by atoms with Gasteiger partial charge in [-0.25, -0.2) is 0 Å². The standard InChI is InChI=1S/C16H17Cl2NO3/c1-3-7-16(22-9(2)20)15-10(6-8-21-16)13-11(17)4-5-12(18)14(13)19-15/h4-5,19H,3,6-8H2,1-2H3. The van der Waals surface area contributed by atoms with E-state index in [1.54, 1.807) is 12.1 Å². The lowest BCUT2D eigenvalue weighted by Gasteiger charge is -2.36. The third-order valence-corrected chi connectivity index (χ3v) is 4.54. The van der Waals surface area contributed by atoms with Crippen LogP contribution in [0.1, 0.15) is 37.9 Å². The van der Waals surface area contributed by atoms with Crippen molar-refractivity contribution < 1.29 is 14.3 Å². The first-order chi connectivity index (χ1) is 10.5. The van der Waals surface area contributed by atoms with E-state index in [1.165, 1.54) is 6.92 Å². The molecule has 0 saturated carbocycles. The molecule has 1 aliphatic rings. The van der Waals surface area contributed by atoms with Crippen molar-refractivity contribution in [2.45, 2.75) is 38.9 Å². The number of fused-ring (bicyclic) bond motifs is 3. The van der Waals surface area contributed by atoms with Gasteiger partial charge in [-0.3, -0.25) is 4.79 Å². The lowest BCUT2D eigenvalue weighted by atomic mass is 9.96. The van der Waals surface area contributed by atoms with Crippen LogP contribution in [0.2, 0.25) is 10.0 Å². The van der Waals surface area contributed by atoms with Gasteiger partial charge >= 0.3 is 5.97 Å². The minimum atomic E-state index is -1.08. The van der Waals surface area contributed by atoms with Gasteiger partial charge in [-0.05, 0) is 30.5 Å². The van der Waals surface area contributed by atoms with Gasteiger partial charge in [0, 0.05) is 18.7 Å². The van der Waals surface area contributed by atoms with Gasteiger partial charge in [0.05, 0.1) is 27.9 Å². The summed E-state index contributed by atoms with van der Waals surface area (Å²) < 4.78 is 11.5. The third-order valence-electron chi connectivity index (χ3n) is 3.91. The number of rotatable bonds is 3. The van der Waals surface area contributed by atoms with Crippen LogP contribution in [0.25, 0.3) is 10.9 Å². The number of carbonyl (C=O) groups excluding carboxylic acids is 1. The van der Waals surface area contributed by atoms with Crippen molar-refractivity contribution in [2.24, 2.45) is 0 Å². The van der Waals surface area contributed by atoms with Crippen LogP contribution in [0.3, 0.4) is 0 Å². The van der Waals surface area contributed by atoms with E-state index >= 15 is 0 Å². The Labute approximate surface area is 138 Å². The number of esters is 1. The van der Waals surface area contributed by atoms with E-state index in [2.05, 4.69) is 4.98 Å². The van der Waals surface area contributed by atoms with Crippen molar-refractivity contribution in [1.82, 2.24) is 4.98 Å². The van der Waals surface area contributed by atoms with E-state index in [4.69, 9.17) is 32.7 Å². The minimum Gasteiger partial charge on any atom is -0.427 e. The molecule has 0 aliphatic carbocycles. The molecule has 1 atom stereocenters. The molecule has 1 aromatic heterocycles. The number of hydrogen-bond acceptors (Lipinski definition) is 3. The van der Waals surface area contributed by atoms with E-state index in [1.807, 2.05) is 6.92 Å². The molecule has 0 saturated heterocycles. The fourth-order valence-corrected chi connectivity index (χ4v) is 3.63. The number of hydrogen-bond donors (Lipinski definition) is 1. The van der Waals surface area contributed by atoms with Crippen LogP contribution >= 0.6 is 23.2 Å². The molecule has 0 fully saturated rings. The summed E-state index contributed by atoms with van der Waals surface area (Å²) >= 11 is 12.6. The Morgan fingerprint density at radius 2 is 2.14 bits per heavy atom. The van der Waals surface area contributed by atoms with Gasteiger partial charge in [-0.15, -0.1) is 0 Å². The second kappa shape index (κ2) is 5.76. The molecular weight excluding hydrogens is 325 g/mol. The van der Waals surface area contributed by atoms with E-state index in [9.17, 15) is 4.79 Å². The first-order valence-electron chi connectivity index (χ1n) is 7.31. The summed E-state index contributed by atoms with van der Waals surface area (Å²) in [6, 6.07) is 3.53. The van der Waals surface area contributed by atoms with Gasteiger partial charge in [-0.2, -0.15) is 0 Å². The fourth-order valence-electron chi connectivity index (χ4n) is 3.15. The van der Waals surface area contributed by atoms with Crippen LogP contribution in [0.5, 0.6) is 0 Å². The summed E-state index contributed by atoms with van der Waals surface area (Å²) in [6.07, 6.45) is 2.08. The maximum atomic E-state index is 11.6. The molecule has 0 radical (unpaired) electrons. The zero-order valence-electron chi connectivity index (χ0n) is 12.5. The molecule has 6 heteroatoms. The van der Waals surface area contributed by atoms with Crippen LogP contribution in [0.15, 0.2) is 12.1 Å². The van der Waals surface area contributed by atoms with E-state index in [-0.39, 0.29) is 5.97 Å². The molecular formula is C16H17Cl2NO3. The second-order valence-electron chi connectivity index (χ2n) is 5.45. The molecule has 2 aromatic rings. The zero-order valence-corrected chi connectivity index (χ0v) is 14.0. The zero-order chi connectivity index (χ0) is 15.9. The average Bonchev–Trinajstić information content (AvgIpc) is 2.85. The number of aromatic nitrogens is 1. The van der Waals surface area contributed by atoms with Gasteiger partial charge in [0.25, 0.3) is 5.79 Å². The predicted molar refractivity (Wildman–Crippen MR) is 86.3 cm³/mol. The molecule has 0 spiro atoms. The molecule has 4 nitrogen and oxygen atoms in total. The number of benzene rings is 1. The van der Waals surface area contributed by atoms with Crippen LogP contribution in [-0.4, -0.2) is 17.6 Å². The highest BCUT2D eigenvalue weighted by atomic mass is 35.5. The van der Waals surface area contributed by atoms with E-state index in [0.717, 1.165) is 28.6 Å². The number of ether oxygens (including phenoxy) is 2. The van der Waals surface area contributed by atoms with Crippen LogP contribution in [-0.2, 0) is 26.5 Å². The number of halogens is 2. The number of nitrogens with one attached hydrogen (secondary N) is 1. The Bertz CT molecular complexity index is 741. The summed E-state index contributed by atoms with van der Waals surface area (Å²) in [7, 11) is 0. The molecule has 22 heavy (non-hydrogen) atoms. The monoisotopic (exact) mass is 341 g/mol. The lowest BCUT2D eigenvalue weighted by molar-refractivity contribution is -0.247. The number of aromatic amines is 1. The summed E-state index contributed by atoms with van der Waals surface area (Å²) in [5, 5.41) is 2.11. The average molecular weight is 342 g/mol. The van der Waals surface area contributed by atoms with E-state index in [0.29, 0.717) is 29.5 Å². The quantitative estimate of drug-likeness (QED) is 0.832. The van der Waals surface area contributed by atoms with Crippen molar-refractivity contribution in [3.05, 3.63) is 33.4 Å². The van der Waals surface area contributed by atoms with Gasteiger partial charge in [0.1, 0.15) is 0 Å². The molecule has 0 bridgehead atoms. The molecule has 1 aliphatic heterocycles. The summed E-state index contributed by atoms with van der Waals surface area (Å²) in [5.74, 6) is -1.46. The topological polar surface area (TPSA) is 51.3 Å². The van der Waals surface area contributed by atoms with Crippen molar-refractivity contribution in [3.8, 4) is 0 Å². The first kappa shape index (κ1) is 15.7. The highest BCUT2D eigenvalue weighted by Gasteiger charge is 2.43. The van der Waals surface area contributed by atoms with Crippen LogP contribution in [0.4, 0.5) is 0 Å². The highest BCUT2D eigenvalue weighted by molar-refractivity contribution is 6.40. The maximum absolute atomic E-state index is 11.6.